The number of nitrogens with zero attached hydrogens (tertiary/aromatic N) is 5. The molecular weight excluding hydrogens is 414 g/mol. The molecule has 0 radical (unpaired) electrons. The Labute approximate surface area is 193 Å². The Bertz CT molecular complexity index is 1260. The van der Waals surface area contributed by atoms with Crippen LogP contribution in [0.25, 0.3) is 21.9 Å². The maximum atomic E-state index is 6.57. The molecule has 8 nitrogen and oxygen atoms in total. The first-order valence-electron chi connectivity index (χ1n) is 11.7. The minimum atomic E-state index is -0.0820. The fourth-order valence-electron chi connectivity index (χ4n) is 4.60. The zero-order valence-corrected chi connectivity index (χ0v) is 19.7. The second-order valence-corrected chi connectivity index (χ2v) is 9.16. The van der Waals surface area contributed by atoms with Gasteiger partial charge in [-0.2, -0.15) is 0 Å². The number of fused-ring (bicyclic) bond motifs is 2. The van der Waals surface area contributed by atoms with E-state index in [1.807, 2.05) is 0 Å². The lowest BCUT2D eigenvalue weighted by atomic mass is 10.0. The van der Waals surface area contributed by atoms with E-state index in [0.717, 1.165) is 53.8 Å². The molecule has 2 N–H and O–H groups in total. The van der Waals surface area contributed by atoms with E-state index >= 15 is 0 Å². The number of benzene rings is 1. The van der Waals surface area contributed by atoms with Crippen molar-refractivity contribution in [1.29, 1.82) is 0 Å². The monoisotopic (exact) mass is 445 g/mol. The summed E-state index contributed by atoms with van der Waals surface area (Å²) in [4.78, 5) is 23.4. The topological polar surface area (TPSA) is 91.9 Å². The van der Waals surface area contributed by atoms with Gasteiger partial charge in [-0.1, -0.05) is 18.2 Å². The Morgan fingerprint density at radius 3 is 2.73 bits per heavy atom. The summed E-state index contributed by atoms with van der Waals surface area (Å²) in [5.41, 5.74) is 3.51. The molecule has 0 bridgehead atoms. The number of anilines is 1. The molecule has 1 fully saturated rings. The second kappa shape index (κ2) is 8.94. The van der Waals surface area contributed by atoms with Gasteiger partial charge in [0, 0.05) is 24.5 Å². The fraction of sp³-hybridized carbons (Fsp3) is 0.440. The van der Waals surface area contributed by atoms with E-state index in [1.165, 1.54) is 11.9 Å². The third kappa shape index (κ3) is 4.35. The van der Waals surface area contributed by atoms with Gasteiger partial charge in [-0.15, -0.1) is 0 Å². The lowest BCUT2D eigenvalue weighted by Crippen LogP contribution is -2.41. The van der Waals surface area contributed by atoms with Crippen molar-refractivity contribution in [2.45, 2.75) is 58.7 Å². The van der Waals surface area contributed by atoms with Gasteiger partial charge in [0.1, 0.15) is 17.9 Å². The standard InChI is InChI=1S/C25H31N7O/c1-15(2)32-10-8-19(9-11-32)33-25-21-16(3)6-5-7-18(21)12-20(31-25)17(4)30-24-22-23(27-13-26-22)28-14-29-24/h5-7,12-15,17,19H,8-11H2,1-4H3,(H2,26,27,28,29,30). The molecule has 1 saturated heterocycles. The second-order valence-electron chi connectivity index (χ2n) is 9.16. The smallest absolute Gasteiger partial charge is 0.222 e. The number of aromatic nitrogens is 5. The summed E-state index contributed by atoms with van der Waals surface area (Å²) < 4.78 is 6.57. The van der Waals surface area contributed by atoms with Crippen molar-refractivity contribution in [2.75, 3.05) is 18.4 Å². The molecule has 1 aromatic carbocycles. The first-order chi connectivity index (χ1) is 16.0. The van der Waals surface area contributed by atoms with Crippen LogP contribution in [0.3, 0.4) is 0 Å². The largest absolute Gasteiger partial charge is 0.474 e. The zero-order chi connectivity index (χ0) is 22.9. The van der Waals surface area contributed by atoms with Crippen LogP contribution in [0.1, 0.15) is 50.9 Å². The van der Waals surface area contributed by atoms with E-state index < -0.39 is 0 Å². The van der Waals surface area contributed by atoms with Crippen molar-refractivity contribution in [2.24, 2.45) is 0 Å². The van der Waals surface area contributed by atoms with Gasteiger partial charge in [-0.05, 0) is 57.6 Å². The van der Waals surface area contributed by atoms with Crippen LogP contribution in [-0.4, -0.2) is 55.1 Å². The Morgan fingerprint density at radius 2 is 1.94 bits per heavy atom. The summed E-state index contributed by atoms with van der Waals surface area (Å²) in [7, 11) is 0. The van der Waals surface area contributed by atoms with Gasteiger partial charge >= 0.3 is 0 Å². The molecule has 4 aromatic rings. The highest BCUT2D eigenvalue weighted by Crippen LogP contribution is 2.32. The van der Waals surface area contributed by atoms with Crippen LogP contribution in [-0.2, 0) is 0 Å². The quantitative estimate of drug-likeness (QED) is 0.447. The lowest BCUT2D eigenvalue weighted by Gasteiger charge is -2.34. The highest BCUT2D eigenvalue weighted by molar-refractivity contribution is 5.90. The molecule has 5 rings (SSSR count). The van der Waals surface area contributed by atoms with Crippen LogP contribution in [0, 0.1) is 6.92 Å². The normalized spacial score (nSPS) is 16.5. The molecule has 1 atom stereocenters. The summed E-state index contributed by atoms with van der Waals surface area (Å²) in [5.74, 6) is 1.44. The lowest BCUT2D eigenvalue weighted by molar-refractivity contribution is 0.0822. The Hall–Kier alpha value is -3.26. The fourth-order valence-corrected chi connectivity index (χ4v) is 4.60. The zero-order valence-electron chi connectivity index (χ0n) is 19.7. The van der Waals surface area contributed by atoms with E-state index in [1.54, 1.807) is 6.33 Å². The van der Waals surface area contributed by atoms with E-state index in [9.17, 15) is 0 Å². The van der Waals surface area contributed by atoms with Crippen molar-refractivity contribution in [3.05, 3.63) is 48.2 Å². The number of hydrogen-bond donors (Lipinski definition) is 2. The molecule has 1 aliphatic rings. The maximum Gasteiger partial charge on any atom is 0.222 e. The van der Waals surface area contributed by atoms with Crippen LogP contribution in [0.15, 0.2) is 36.9 Å². The summed E-state index contributed by atoms with van der Waals surface area (Å²) in [6, 6.07) is 8.97. The molecule has 0 saturated carbocycles. The van der Waals surface area contributed by atoms with Crippen LogP contribution in [0.4, 0.5) is 5.82 Å². The molecule has 1 aliphatic heterocycles. The Kier molecular flexibility index (Phi) is 5.85. The van der Waals surface area contributed by atoms with Crippen molar-refractivity contribution in [3.63, 3.8) is 0 Å². The number of piperidine rings is 1. The number of pyridine rings is 1. The molecule has 0 spiro atoms. The third-order valence-corrected chi connectivity index (χ3v) is 6.56. The van der Waals surface area contributed by atoms with Gasteiger partial charge < -0.3 is 19.9 Å². The molecule has 4 heterocycles. The third-order valence-electron chi connectivity index (χ3n) is 6.56. The molecular formula is C25H31N7O. The highest BCUT2D eigenvalue weighted by Gasteiger charge is 2.24. The SMILES string of the molecule is Cc1cccc2cc(C(C)Nc3ncnc4nc[nH]c34)nc(OC3CCN(C(C)C)CC3)c12. The summed E-state index contributed by atoms with van der Waals surface area (Å²) >= 11 is 0. The number of rotatable bonds is 6. The predicted molar refractivity (Wildman–Crippen MR) is 131 cm³/mol. The Morgan fingerprint density at radius 1 is 1.12 bits per heavy atom. The highest BCUT2D eigenvalue weighted by atomic mass is 16.5. The molecule has 0 amide bonds. The average molecular weight is 446 g/mol. The number of nitrogens with one attached hydrogen (secondary N) is 2. The van der Waals surface area contributed by atoms with Crippen molar-refractivity contribution < 1.29 is 4.74 Å². The number of ether oxygens (including phenoxy) is 1. The van der Waals surface area contributed by atoms with E-state index in [-0.39, 0.29) is 12.1 Å². The predicted octanol–water partition coefficient (Wildman–Crippen LogP) is 4.63. The first kappa shape index (κ1) is 21.6. The van der Waals surface area contributed by atoms with Crippen molar-refractivity contribution >= 4 is 27.8 Å². The Balaban J connectivity index is 1.44. The number of aryl methyl sites for hydroxylation is 1. The van der Waals surface area contributed by atoms with Gasteiger partial charge in [0.25, 0.3) is 0 Å². The van der Waals surface area contributed by atoms with Gasteiger partial charge in [0.05, 0.1) is 18.1 Å². The minimum Gasteiger partial charge on any atom is -0.474 e. The van der Waals surface area contributed by atoms with Crippen LogP contribution in [0.5, 0.6) is 5.88 Å². The van der Waals surface area contributed by atoms with Gasteiger partial charge in [0.15, 0.2) is 11.5 Å². The van der Waals surface area contributed by atoms with Gasteiger partial charge in [-0.3, -0.25) is 0 Å². The first-order valence-corrected chi connectivity index (χ1v) is 11.7. The molecule has 1 unspecified atom stereocenters. The van der Waals surface area contributed by atoms with Gasteiger partial charge in [0.2, 0.25) is 5.88 Å². The minimum absolute atomic E-state index is 0.0820. The van der Waals surface area contributed by atoms with Crippen molar-refractivity contribution in [1.82, 2.24) is 29.8 Å². The summed E-state index contributed by atoms with van der Waals surface area (Å²) in [6.07, 6.45) is 5.37. The van der Waals surface area contributed by atoms with Crippen LogP contribution in [0.2, 0.25) is 0 Å². The molecule has 33 heavy (non-hydrogen) atoms. The van der Waals surface area contributed by atoms with Gasteiger partial charge in [-0.25, -0.2) is 19.9 Å². The number of H-pyrrole nitrogens is 1. The summed E-state index contributed by atoms with van der Waals surface area (Å²) in [5, 5.41) is 5.70. The summed E-state index contributed by atoms with van der Waals surface area (Å²) in [6.45, 7) is 10.8. The van der Waals surface area contributed by atoms with E-state index in [0.29, 0.717) is 17.5 Å². The molecule has 3 aromatic heterocycles. The number of aromatic amines is 1. The molecule has 172 valence electrons. The van der Waals surface area contributed by atoms with Crippen molar-refractivity contribution in [3.8, 4) is 5.88 Å². The molecule has 8 heteroatoms. The average Bonchev–Trinajstić information content (AvgIpc) is 3.29. The molecule has 0 aliphatic carbocycles. The van der Waals surface area contributed by atoms with E-state index in [4.69, 9.17) is 9.72 Å². The number of hydrogen-bond acceptors (Lipinski definition) is 7. The van der Waals surface area contributed by atoms with Crippen LogP contribution < -0.4 is 10.1 Å². The van der Waals surface area contributed by atoms with Crippen LogP contribution >= 0.6 is 0 Å². The number of imidazole rings is 1. The maximum absolute atomic E-state index is 6.57. The number of likely N-dealkylation sites (tertiary alicyclic amines) is 1. The van der Waals surface area contributed by atoms with E-state index in [2.05, 4.69) is 82.1 Å².